The molecule has 1 aliphatic rings. The fourth-order valence-corrected chi connectivity index (χ4v) is 1.37. The van der Waals surface area contributed by atoms with Crippen molar-refractivity contribution in [2.45, 2.75) is 20.8 Å². The molecule has 0 saturated carbocycles. The monoisotopic (exact) mass is 213 g/mol. The Hall–Kier alpha value is -0.610. The van der Waals surface area contributed by atoms with Gasteiger partial charge in [0.05, 0.1) is 25.6 Å². The number of hydrogen-bond acceptors (Lipinski definition) is 3. The molecule has 0 spiro atoms. The van der Waals surface area contributed by atoms with E-state index in [9.17, 15) is 0 Å². The molecule has 1 heterocycles. The number of ether oxygens (including phenoxy) is 1. The van der Waals surface area contributed by atoms with Gasteiger partial charge in [0.1, 0.15) is 0 Å². The van der Waals surface area contributed by atoms with Crippen LogP contribution in [0.1, 0.15) is 20.8 Å². The second-order valence-corrected chi connectivity index (χ2v) is 4.97. The van der Waals surface area contributed by atoms with Crippen LogP contribution in [0.4, 0.5) is 0 Å². The molecule has 0 radical (unpaired) electrons. The number of amidine groups is 1. The van der Waals surface area contributed by atoms with Gasteiger partial charge in [-0.05, 0) is 0 Å². The molecule has 1 rings (SSSR count). The van der Waals surface area contributed by atoms with E-state index in [1.54, 1.807) is 0 Å². The Morgan fingerprint density at radius 3 is 2.47 bits per heavy atom. The molecule has 2 N–H and O–H groups in total. The van der Waals surface area contributed by atoms with Crippen molar-refractivity contribution in [1.82, 2.24) is 4.90 Å². The molecule has 4 nitrogen and oxygen atoms in total. The van der Waals surface area contributed by atoms with Crippen molar-refractivity contribution in [1.29, 1.82) is 0 Å². The number of hydrogen-bond donors (Lipinski definition) is 1. The number of aliphatic imine (C=N–C) groups is 1. The van der Waals surface area contributed by atoms with Crippen LogP contribution in [0.5, 0.6) is 0 Å². The van der Waals surface area contributed by atoms with E-state index < -0.39 is 0 Å². The largest absolute Gasteiger partial charge is 0.387 e. The molecule has 0 aromatic rings. The van der Waals surface area contributed by atoms with E-state index in [0.717, 1.165) is 45.2 Å². The average molecular weight is 213 g/mol. The van der Waals surface area contributed by atoms with Gasteiger partial charge in [0.15, 0.2) is 0 Å². The van der Waals surface area contributed by atoms with Crippen LogP contribution >= 0.6 is 0 Å². The Morgan fingerprint density at radius 2 is 1.93 bits per heavy atom. The van der Waals surface area contributed by atoms with Crippen molar-refractivity contribution in [3.05, 3.63) is 0 Å². The molecule has 88 valence electrons. The summed E-state index contributed by atoms with van der Waals surface area (Å²) in [6, 6.07) is 0. The molecule has 0 unspecified atom stereocenters. The summed E-state index contributed by atoms with van der Waals surface area (Å²) in [6.07, 6.45) is 0. The van der Waals surface area contributed by atoms with E-state index >= 15 is 0 Å². The van der Waals surface area contributed by atoms with Gasteiger partial charge in [0, 0.05) is 25.0 Å². The van der Waals surface area contributed by atoms with Gasteiger partial charge in [0.25, 0.3) is 0 Å². The molecular formula is C11H23N3O. The van der Waals surface area contributed by atoms with Crippen LogP contribution in [0, 0.1) is 5.41 Å². The second-order valence-electron chi connectivity index (χ2n) is 4.97. The van der Waals surface area contributed by atoms with Crippen LogP contribution in [0.15, 0.2) is 4.99 Å². The molecule has 15 heavy (non-hydrogen) atoms. The molecular weight excluding hydrogens is 190 g/mol. The molecule has 0 aliphatic carbocycles. The highest BCUT2D eigenvalue weighted by Crippen LogP contribution is 2.12. The Kier molecular flexibility index (Phi) is 4.54. The first-order valence-corrected chi connectivity index (χ1v) is 5.60. The third-order valence-corrected chi connectivity index (χ3v) is 2.57. The molecule has 0 bridgehead atoms. The normalized spacial score (nSPS) is 20.6. The van der Waals surface area contributed by atoms with E-state index in [0.29, 0.717) is 0 Å². The Labute approximate surface area is 92.5 Å². The SMILES string of the molecule is CC(C)(C)C(N)=NCCN1CCOCC1. The van der Waals surface area contributed by atoms with Gasteiger partial charge in [-0.3, -0.25) is 9.89 Å². The molecule has 0 aromatic carbocycles. The van der Waals surface area contributed by atoms with Crippen molar-refractivity contribution in [2.75, 3.05) is 39.4 Å². The van der Waals surface area contributed by atoms with Gasteiger partial charge < -0.3 is 10.5 Å². The van der Waals surface area contributed by atoms with Crippen LogP contribution in [0.2, 0.25) is 0 Å². The average Bonchev–Trinajstić information content (AvgIpc) is 2.18. The third kappa shape index (κ3) is 4.62. The predicted molar refractivity (Wildman–Crippen MR) is 63.2 cm³/mol. The summed E-state index contributed by atoms with van der Waals surface area (Å²) in [4.78, 5) is 6.77. The minimum atomic E-state index is -0.00892. The van der Waals surface area contributed by atoms with Crippen LogP contribution < -0.4 is 5.73 Å². The summed E-state index contributed by atoms with van der Waals surface area (Å²) in [5.41, 5.74) is 5.86. The molecule has 4 heteroatoms. The van der Waals surface area contributed by atoms with Gasteiger partial charge in [0.2, 0.25) is 0 Å². The highest BCUT2D eigenvalue weighted by atomic mass is 16.5. The third-order valence-electron chi connectivity index (χ3n) is 2.57. The summed E-state index contributed by atoms with van der Waals surface area (Å²) in [7, 11) is 0. The van der Waals surface area contributed by atoms with Crippen molar-refractivity contribution < 1.29 is 4.74 Å². The molecule has 1 fully saturated rings. The molecule has 0 atom stereocenters. The van der Waals surface area contributed by atoms with Crippen LogP contribution in [-0.4, -0.2) is 50.1 Å². The number of nitrogens with two attached hydrogens (primary N) is 1. The van der Waals surface area contributed by atoms with Crippen LogP contribution in [0.25, 0.3) is 0 Å². The molecule has 0 amide bonds. The summed E-state index contributed by atoms with van der Waals surface area (Å²) in [5.74, 6) is 0.746. The number of nitrogens with zero attached hydrogens (tertiary/aromatic N) is 2. The van der Waals surface area contributed by atoms with E-state index in [-0.39, 0.29) is 5.41 Å². The van der Waals surface area contributed by atoms with E-state index in [1.165, 1.54) is 0 Å². The summed E-state index contributed by atoms with van der Waals surface area (Å²) < 4.78 is 5.28. The Bertz CT molecular complexity index is 214. The fraction of sp³-hybridized carbons (Fsp3) is 0.909. The minimum absolute atomic E-state index is 0.00892. The maximum Gasteiger partial charge on any atom is 0.0991 e. The van der Waals surface area contributed by atoms with Crippen LogP contribution in [0.3, 0.4) is 0 Å². The zero-order chi connectivity index (χ0) is 11.3. The predicted octanol–water partition coefficient (Wildman–Crippen LogP) is 0.722. The van der Waals surface area contributed by atoms with Crippen molar-refractivity contribution in [2.24, 2.45) is 16.1 Å². The lowest BCUT2D eigenvalue weighted by Gasteiger charge is -2.26. The summed E-state index contributed by atoms with van der Waals surface area (Å²) in [5, 5.41) is 0. The second kappa shape index (κ2) is 5.47. The highest BCUT2D eigenvalue weighted by Gasteiger charge is 2.15. The van der Waals surface area contributed by atoms with Gasteiger partial charge in [-0.25, -0.2) is 0 Å². The van der Waals surface area contributed by atoms with E-state index in [1.807, 2.05) is 0 Å². The maximum absolute atomic E-state index is 5.87. The smallest absolute Gasteiger partial charge is 0.0991 e. The maximum atomic E-state index is 5.87. The number of rotatable bonds is 3. The zero-order valence-corrected chi connectivity index (χ0v) is 10.1. The first kappa shape index (κ1) is 12.5. The summed E-state index contributed by atoms with van der Waals surface area (Å²) >= 11 is 0. The van der Waals surface area contributed by atoms with E-state index in [4.69, 9.17) is 10.5 Å². The quantitative estimate of drug-likeness (QED) is 0.555. The Morgan fingerprint density at radius 1 is 1.33 bits per heavy atom. The fourth-order valence-electron chi connectivity index (χ4n) is 1.37. The standard InChI is InChI=1S/C11H23N3O/c1-11(2,3)10(12)13-4-5-14-6-8-15-9-7-14/h4-9H2,1-3H3,(H2,12,13). The van der Waals surface area contributed by atoms with Gasteiger partial charge in [-0.1, -0.05) is 20.8 Å². The Balaban J connectivity index is 2.25. The van der Waals surface area contributed by atoms with E-state index in [2.05, 4.69) is 30.7 Å². The van der Waals surface area contributed by atoms with Crippen LogP contribution in [-0.2, 0) is 4.74 Å². The highest BCUT2D eigenvalue weighted by molar-refractivity contribution is 5.85. The molecule has 0 aromatic heterocycles. The van der Waals surface area contributed by atoms with Crippen molar-refractivity contribution >= 4 is 5.84 Å². The number of morpholine rings is 1. The topological polar surface area (TPSA) is 50.8 Å². The first-order chi connectivity index (χ1) is 7.00. The zero-order valence-electron chi connectivity index (χ0n) is 10.1. The van der Waals surface area contributed by atoms with Gasteiger partial charge in [-0.15, -0.1) is 0 Å². The van der Waals surface area contributed by atoms with Gasteiger partial charge in [-0.2, -0.15) is 0 Å². The lowest BCUT2D eigenvalue weighted by atomic mass is 9.95. The molecule has 1 aliphatic heterocycles. The lowest BCUT2D eigenvalue weighted by Crippen LogP contribution is -2.38. The summed E-state index contributed by atoms with van der Waals surface area (Å²) in [6.45, 7) is 11.8. The lowest BCUT2D eigenvalue weighted by molar-refractivity contribution is 0.0394. The van der Waals surface area contributed by atoms with Crippen molar-refractivity contribution in [3.8, 4) is 0 Å². The first-order valence-electron chi connectivity index (χ1n) is 5.60. The molecule has 1 saturated heterocycles. The van der Waals surface area contributed by atoms with Gasteiger partial charge >= 0.3 is 0 Å². The van der Waals surface area contributed by atoms with Crippen molar-refractivity contribution in [3.63, 3.8) is 0 Å². The minimum Gasteiger partial charge on any atom is -0.387 e.